The van der Waals surface area contributed by atoms with Crippen molar-refractivity contribution < 1.29 is 22.0 Å². The lowest BCUT2D eigenvalue weighted by molar-refractivity contribution is 0.377. The van der Waals surface area contributed by atoms with E-state index in [-0.39, 0.29) is 10.7 Å². The lowest BCUT2D eigenvalue weighted by Crippen LogP contribution is -2.11. The number of halogens is 5. The van der Waals surface area contributed by atoms with E-state index in [9.17, 15) is 32.0 Å². The van der Waals surface area contributed by atoms with Crippen LogP contribution >= 0.6 is 11.3 Å². The highest BCUT2D eigenvalue weighted by molar-refractivity contribution is 7.18. The summed E-state index contributed by atoms with van der Waals surface area (Å²) in [5.74, 6) is -11.1. The third kappa shape index (κ3) is 2.90. The summed E-state index contributed by atoms with van der Waals surface area (Å²) in [6, 6.07) is 1.55. The molecular formula is C17H8F5N3OS. The molecule has 138 valence electrons. The molecule has 0 saturated heterocycles. The first kappa shape index (κ1) is 18.7. The Morgan fingerprint density at radius 2 is 1.63 bits per heavy atom. The minimum atomic E-state index is -2.31. The second-order valence-electron chi connectivity index (χ2n) is 5.53. The number of hydrogen-bond donors (Lipinski definition) is 1. The van der Waals surface area contributed by atoms with Crippen LogP contribution in [0.2, 0.25) is 0 Å². The SMILES string of the molecule is Cc1sc2nc(/C(C#N)=C/c3c(F)c(F)c(F)c(F)c3F)[nH]c(=O)c2c1C. The molecule has 0 saturated carbocycles. The van der Waals surface area contributed by atoms with Gasteiger partial charge in [0.2, 0.25) is 5.82 Å². The van der Waals surface area contributed by atoms with Crippen LogP contribution in [0, 0.1) is 54.3 Å². The number of rotatable bonds is 2. The Balaban J connectivity index is 2.27. The van der Waals surface area contributed by atoms with Crippen LogP contribution in [0.4, 0.5) is 22.0 Å². The van der Waals surface area contributed by atoms with Crippen LogP contribution in [0.5, 0.6) is 0 Å². The smallest absolute Gasteiger partial charge is 0.260 e. The number of nitriles is 1. The fraction of sp³-hybridized carbons (Fsp3) is 0.118. The van der Waals surface area contributed by atoms with E-state index in [0.717, 1.165) is 4.88 Å². The Morgan fingerprint density at radius 1 is 1.07 bits per heavy atom. The van der Waals surface area contributed by atoms with Gasteiger partial charge in [0.05, 0.1) is 16.5 Å². The maximum Gasteiger partial charge on any atom is 0.260 e. The summed E-state index contributed by atoms with van der Waals surface area (Å²) in [5.41, 5.74) is -1.77. The molecule has 4 nitrogen and oxygen atoms in total. The lowest BCUT2D eigenvalue weighted by atomic mass is 10.1. The number of fused-ring (bicyclic) bond motifs is 1. The van der Waals surface area contributed by atoms with Gasteiger partial charge in [-0.1, -0.05) is 0 Å². The Kier molecular flexibility index (Phi) is 4.57. The molecule has 1 aromatic carbocycles. The van der Waals surface area contributed by atoms with Crippen LogP contribution in [-0.2, 0) is 0 Å². The molecule has 0 aliphatic rings. The number of aryl methyl sites for hydroxylation is 2. The zero-order valence-corrected chi connectivity index (χ0v) is 14.5. The zero-order valence-electron chi connectivity index (χ0n) is 13.7. The number of nitrogens with zero attached hydrogens (tertiary/aromatic N) is 2. The van der Waals surface area contributed by atoms with Crippen molar-refractivity contribution in [3.63, 3.8) is 0 Å². The molecule has 1 N–H and O–H groups in total. The van der Waals surface area contributed by atoms with E-state index in [1.807, 2.05) is 0 Å². The second-order valence-corrected chi connectivity index (χ2v) is 6.73. The molecule has 0 atom stereocenters. The third-order valence-corrected chi connectivity index (χ3v) is 5.05. The Morgan fingerprint density at radius 3 is 2.19 bits per heavy atom. The van der Waals surface area contributed by atoms with Crippen molar-refractivity contribution in [3.8, 4) is 6.07 Å². The van der Waals surface area contributed by atoms with Gasteiger partial charge in [0.25, 0.3) is 5.56 Å². The fourth-order valence-corrected chi connectivity index (χ4v) is 3.46. The molecule has 0 bridgehead atoms. The van der Waals surface area contributed by atoms with Gasteiger partial charge >= 0.3 is 0 Å². The number of aromatic nitrogens is 2. The van der Waals surface area contributed by atoms with E-state index >= 15 is 0 Å². The highest BCUT2D eigenvalue weighted by atomic mass is 32.1. The molecule has 0 fully saturated rings. The van der Waals surface area contributed by atoms with Gasteiger partial charge in [-0.2, -0.15) is 5.26 Å². The molecule has 2 heterocycles. The Hall–Kier alpha value is -3.06. The summed E-state index contributed by atoms with van der Waals surface area (Å²) >= 11 is 1.17. The predicted molar refractivity (Wildman–Crippen MR) is 89.4 cm³/mol. The molecule has 0 unspecified atom stereocenters. The van der Waals surface area contributed by atoms with Crippen molar-refractivity contribution >= 4 is 33.2 Å². The normalized spacial score (nSPS) is 11.9. The van der Waals surface area contributed by atoms with Gasteiger partial charge in [0.15, 0.2) is 29.1 Å². The topological polar surface area (TPSA) is 69.5 Å². The maximum atomic E-state index is 13.8. The third-order valence-electron chi connectivity index (χ3n) is 3.95. The quantitative estimate of drug-likeness (QED) is 0.302. The molecule has 0 radical (unpaired) electrons. The molecule has 0 aliphatic heterocycles. The van der Waals surface area contributed by atoms with Gasteiger partial charge in [-0.3, -0.25) is 4.79 Å². The molecule has 2 aromatic heterocycles. The fourth-order valence-electron chi connectivity index (χ4n) is 2.43. The van der Waals surface area contributed by atoms with E-state index in [2.05, 4.69) is 9.97 Å². The molecule has 10 heteroatoms. The highest BCUT2D eigenvalue weighted by Gasteiger charge is 2.25. The molecule has 0 aliphatic carbocycles. The minimum Gasteiger partial charge on any atom is -0.305 e. The number of aromatic amines is 1. The highest BCUT2D eigenvalue weighted by Crippen LogP contribution is 2.29. The lowest BCUT2D eigenvalue weighted by Gasteiger charge is -2.05. The van der Waals surface area contributed by atoms with Gasteiger partial charge in [-0.15, -0.1) is 11.3 Å². The van der Waals surface area contributed by atoms with Crippen LogP contribution < -0.4 is 5.56 Å². The van der Waals surface area contributed by atoms with Gasteiger partial charge in [0, 0.05) is 4.88 Å². The standard InChI is InChI=1S/C17H8F5N3OS/c1-5-6(2)27-17-9(5)16(26)24-15(25-17)7(4-23)3-8-10(18)12(20)14(22)13(21)11(8)19/h3H,1-2H3,(H,24,25,26)/b7-3+. The molecule has 27 heavy (non-hydrogen) atoms. The van der Waals surface area contributed by atoms with Crippen molar-refractivity contribution in [2.24, 2.45) is 0 Å². The van der Waals surface area contributed by atoms with Gasteiger partial charge in [-0.25, -0.2) is 26.9 Å². The van der Waals surface area contributed by atoms with Gasteiger partial charge < -0.3 is 4.98 Å². The number of H-pyrrole nitrogens is 1. The average Bonchev–Trinajstić information content (AvgIpc) is 2.93. The number of allylic oxidation sites excluding steroid dienone is 1. The van der Waals surface area contributed by atoms with Crippen molar-refractivity contribution in [1.29, 1.82) is 5.26 Å². The summed E-state index contributed by atoms with van der Waals surface area (Å²) in [6.07, 6.45) is 0.452. The van der Waals surface area contributed by atoms with Crippen LogP contribution in [0.15, 0.2) is 4.79 Å². The van der Waals surface area contributed by atoms with Gasteiger partial charge in [0.1, 0.15) is 10.9 Å². The number of nitrogens with one attached hydrogen (secondary N) is 1. The summed E-state index contributed by atoms with van der Waals surface area (Å²) in [6.45, 7) is 3.47. The van der Waals surface area contributed by atoms with Crippen LogP contribution in [0.25, 0.3) is 21.9 Å². The predicted octanol–water partition coefficient (Wildman–Crippen LogP) is 4.36. The van der Waals surface area contributed by atoms with Crippen molar-refractivity contribution in [3.05, 3.63) is 61.3 Å². The van der Waals surface area contributed by atoms with Crippen LogP contribution in [0.1, 0.15) is 21.8 Å². The maximum absolute atomic E-state index is 13.8. The first-order chi connectivity index (χ1) is 12.7. The minimum absolute atomic E-state index is 0.280. The summed E-state index contributed by atoms with van der Waals surface area (Å²) in [5, 5.41) is 9.56. The largest absolute Gasteiger partial charge is 0.305 e. The molecular weight excluding hydrogens is 389 g/mol. The van der Waals surface area contributed by atoms with E-state index < -0.39 is 45.8 Å². The first-order valence-electron chi connectivity index (χ1n) is 7.31. The van der Waals surface area contributed by atoms with E-state index in [4.69, 9.17) is 0 Å². The summed E-state index contributed by atoms with van der Waals surface area (Å²) in [4.78, 5) is 19.7. The zero-order chi connectivity index (χ0) is 20.0. The number of thiophene rings is 1. The van der Waals surface area contributed by atoms with E-state index in [1.165, 1.54) is 11.3 Å². The van der Waals surface area contributed by atoms with Crippen LogP contribution in [0.3, 0.4) is 0 Å². The molecule has 3 rings (SSSR count). The molecule has 0 spiro atoms. The second kappa shape index (κ2) is 6.59. The number of hydrogen-bond acceptors (Lipinski definition) is 4. The van der Waals surface area contributed by atoms with E-state index in [0.29, 0.717) is 17.0 Å². The Labute approximate surface area is 152 Å². The molecule has 0 amide bonds. The Bertz CT molecular complexity index is 1210. The van der Waals surface area contributed by atoms with Crippen molar-refractivity contribution in [1.82, 2.24) is 9.97 Å². The van der Waals surface area contributed by atoms with Crippen LogP contribution in [-0.4, -0.2) is 9.97 Å². The van der Waals surface area contributed by atoms with E-state index in [1.54, 1.807) is 19.9 Å². The summed E-state index contributed by atoms with van der Waals surface area (Å²) in [7, 11) is 0. The monoisotopic (exact) mass is 397 g/mol. The average molecular weight is 397 g/mol. The summed E-state index contributed by atoms with van der Waals surface area (Å²) < 4.78 is 67.5. The number of benzene rings is 1. The molecule has 3 aromatic rings. The van der Waals surface area contributed by atoms with Crippen molar-refractivity contribution in [2.45, 2.75) is 13.8 Å². The van der Waals surface area contributed by atoms with Crippen molar-refractivity contribution in [2.75, 3.05) is 0 Å². The first-order valence-corrected chi connectivity index (χ1v) is 8.12. The van der Waals surface area contributed by atoms with Gasteiger partial charge in [-0.05, 0) is 25.5 Å².